The first kappa shape index (κ1) is 18.8. The molecule has 2 nitrogen and oxygen atoms in total. The molecule has 1 N–H and O–H groups in total. The highest BCUT2D eigenvalue weighted by molar-refractivity contribution is 4.89. The molecule has 0 saturated carbocycles. The van der Waals surface area contributed by atoms with Crippen LogP contribution in [-0.4, -0.2) is 42.8 Å². The molecule has 21 heavy (non-hydrogen) atoms. The molecule has 1 fully saturated rings. The largest absolute Gasteiger partial charge is 0.389 e. The summed E-state index contributed by atoms with van der Waals surface area (Å²) >= 11 is 0. The summed E-state index contributed by atoms with van der Waals surface area (Å²) in [6.07, 6.45) is -2.33. The van der Waals surface area contributed by atoms with Gasteiger partial charge in [-0.15, -0.1) is 0 Å². The summed E-state index contributed by atoms with van der Waals surface area (Å²) in [5.41, 5.74) is 0. The van der Waals surface area contributed by atoms with E-state index >= 15 is 0 Å². The third-order valence-electron chi connectivity index (χ3n) is 4.50. The molecule has 0 bridgehead atoms. The van der Waals surface area contributed by atoms with E-state index in [1.807, 2.05) is 0 Å². The fourth-order valence-electron chi connectivity index (χ4n) is 3.20. The number of alkyl halides is 3. The number of nitrogens with zero attached hydrogens (tertiary/aromatic N) is 1. The number of hydrogen-bond acceptors (Lipinski definition) is 2. The Morgan fingerprint density at radius 2 is 1.90 bits per heavy atom. The van der Waals surface area contributed by atoms with Crippen LogP contribution in [0.25, 0.3) is 0 Å². The van der Waals surface area contributed by atoms with Gasteiger partial charge in [0.15, 0.2) is 0 Å². The van der Waals surface area contributed by atoms with Gasteiger partial charge < -0.3 is 5.32 Å². The van der Waals surface area contributed by atoms with Crippen molar-refractivity contribution in [3.05, 3.63) is 0 Å². The molecule has 3 unspecified atom stereocenters. The summed E-state index contributed by atoms with van der Waals surface area (Å²) < 4.78 is 37.0. The standard InChI is InChI=1S/C16H31F3N2/c1-5-13(4)15-10-20-14(9-12(2)3)11-21(15)8-6-7-16(17,18)19/h12-15,20H,5-11H2,1-4H3. The van der Waals surface area contributed by atoms with E-state index in [1.54, 1.807) is 0 Å². The van der Waals surface area contributed by atoms with Crippen molar-refractivity contribution >= 4 is 0 Å². The van der Waals surface area contributed by atoms with Gasteiger partial charge >= 0.3 is 6.18 Å². The first-order valence-electron chi connectivity index (χ1n) is 8.27. The molecule has 1 saturated heterocycles. The topological polar surface area (TPSA) is 15.3 Å². The summed E-state index contributed by atoms with van der Waals surface area (Å²) in [4.78, 5) is 2.30. The van der Waals surface area contributed by atoms with Crippen LogP contribution >= 0.6 is 0 Å². The van der Waals surface area contributed by atoms with Crippen molar-refractivity contribution in [2.24, 2.45) is 11.8 Å². The van der Waals surface area contributed by atoms with Crippen molar-refractivity contribution in [1.29, 1.82) is 0 Å². The lowest BCUT2D eigenvalue weighted by Crippen LogP contribution is -2.58. The van der Waals surface area contributed by atoms with Crippen LogP contribution in [0.2, 0.25) is 0 Å². The minimum Gasteiger partial charge on any atom is -0.311 e. The zero-order valence-corrected chi connectivity index (χ0v) is 13.8. The molecule has 0 aliphatic carbocycles. The van der Waals surface area contributed by atoms with Gasteiger partial charge in [0.2, 0.25) is 0 Å². The Labute approximate surface area is 127 Å². The molecule has 0 spiro atoms. The molecule has 1 aliphatic heterocycles. The summed E-state index contributed by atoms with van der Waals surface area (Å²) in [7, 11) is 0. The molecule has 0 amide bonds. The maximum atomic E-state index is 12.3. The lowest BCUT2D eigenvalue weighted by molar-refractivity contribution is -0.136. The van der Waals surface area contributed by atoms with Crippen LogP contribution in [0.4, 0.5) is 13.2 Å². The van der Waals surface area contributed by atoms with E-state index in [9.17, 15) is 13.2 Å². The van der Waals surface area contributed by atoms with Crippen molar-refractivity contribution in [3.63, 3.8) is 0 Å². The molecule has 1 aliphatic rings. The van der Waals surface area contributed by atoms with Crippen LogP contribution in [0.3, 0.4) is 0 Å². The van der Waals surface area contributed by atoms with Gasteiger partial charge in [-0.25, -0.2) is 0 Å². The monoisotopic (exact) mass is 308 g/mol. The van der Waals surface area contributed by atoms with Crippen molar-refractivity contribution in [2.75, 3.05) is 19.6 Å². The molecule has 0 aromatic carbocycles. The third-order valence-corrected chi connectivity index (χ3v) is 4.50. The fourth-order valence-corrected chi connectivity index (χ4v) is 3.20. The smallest absolute Gasteiger partial charge is 0.311 e. The fraction of sp³-hybridized carbons (Fsp3) is 1.00. The van der Waals surface area contributed by atoms with Crippen LogP contribution in [-0.2, 0) is 0 Å². The third kappa shape index (κ3) is 7.00. The lowest BCUT2D eigenvalue weighted by atomic mass is 9.92. The Bertz CT molecular complexity index is 292. The zero-order chi connectivity index (χ0) is 16.0. The summed E-state index contributed by atoms with van der Waals surface area (Å²) in [6, 6.07) is 0.780. The Kier molecular flexibility index (Phi) is 7.48. The second-order valence-electron chi connectivity index (χ2n) is 6.90. The highest BCUT2D eigenvalue weighted by atomic mass is 19.4. The number of rotatable bonds is 7. The van der Waals surface area contributed by atoms with Crippen LogP contribution in [0.1, 0.15) is 53.4 Å². The molecule has 0 aromatic heterocycles. The van der Waals surface area contributed by atoms with Crippen LogP contribution in [0.5, 0.6) is 0 Å². The van der Waals surface area contributed by atoms with Gasteiger partial charge in [-0.05, 0) is 31.2 Å². The van der Waals surface area contributed by atoms with Gasteiger partial charge in [-0.3, -0.25) is 4.90 Å². The molecule has 3 atom stereocenters. The molecule has 0 radical (unpaired) electrons. The molecule has 0 aromatic rings. The highest BCUT2D eigenvalue weighted by Gasteiger charge is 2.32. The first-order chi connectivity index (χ1) is 9.73. The predicted molar refractivity (Wildman–Crippen MR) is 81.4 cm³/mol. The Morgan fingerprint density at radius 1 is 1.24 bits per heavy atom. The Hall–Kier alpha value is -0.290. The van der Waals surface area contributed by atoms with E-state index in [1.165, 1.54) is 0 Å². The quantitative estimate of drug-likeness (QED) is 0.763. The Morgan fingerprint density at radius 3 is 2.43 bits per heavy atom. The summed E-state index contributed by atoms with van der Waals surface area (Å²) in [6.45, 7) is 11.1. The molecule has 126 valence electrons. The van der Waals surface area contributed by atoms with E-state index in [4.69, 9.17) is 0 Å². The van der Waals surface area contributed by atoms with Crippen LogP contribution in [0, 0.1) is 11.8 Å². The van der Waals surface area contributed by atoms with E-state index in [2.05, 4.69) is 37.9 Å². The number of nitrogens with one attached hydrogen (secondary N) is 1. The molecular weight excluding hydrogens is 277 g/mol. The van der Waals surface area contributed by atoms with E-state index < -0.39 is 12.6 Å². The van der Waals surface area contributed by atoms with Gasteiger partial charge in [0.1, 0.15) is 0 Å². The van der Waals surface area contributed by atoms with E-state index in [-0.39, 0.29) is 6.42 Å². The van der Waals surface area contributed by atoms with E-state index in [0.29, 0.717) is 30.5 Å². The maximum absolute atomic E-state index is 12.3. The number of piperazine rings is 1. The van der Waals surface area contributed by atoms with Gasteiger partial charge in [-0.2, -0.15) is 13.2 Å². The average Bonchev–Trinajstić information content (AvgIpc) is 2.36. The molecular formula is C16H31F3N2. The SMILES string of the molecule is CCC(C)C1CNC(CC(C)C)CN1CCCC(F)(F)F. The van der Waals surface area contributed by atoms with Gasteiger partial charge in [-0.1, -0.05) is 34.1 Å². The maximum Gasteiger partial charge on any atom is 0.389 e. The van der Waals surface area contributed by atoms with Crippen molar-refractivity contribution in [3.8, 4) is 0 Å². The predicted octanol–water partition coefficient (Wildman–Crippen LogP) is 4.06. The normalized spacial score (nSPS) is 26.3. The number of halogens is 3. The lowest BCUT2D eigenvalue weighted by Gasteiger charge is -2.43. The van der Waals surface area contributed by atoms with Gasteiger partial charge in [0, 0.05) is 31.6 Å². The van der Waals surface area contributed by atoms with Gasteiger partial charge in [0.25, 0.3) is 0 Å². The van der Waals surface area contributed by atoms with Crippen molar-refractivity contribution in [1.82, 2.24) is 10.2 Å². The Balaban J connectivity index is 2.56. The summed E-state index contributed by atoms with van der Waals surface area (Å²) in [5.74, 6) is 1.13. The van der Waals surface area contributed by atoms with E-state index in [0.717, 1.165) is 25.9 Å². The minimum absolute atomic E-state index is 0.213. The zero-order valence-electron chi connectivity index (χ0n) is 13.8. The second kappa shape index (κ2) is 8.37. The molecule has 5 heteroatoms. The molecule has 1 heterocycles. The van der Waals surface area contributed by atoms with Crippen LogP contribution < -0.4 is 5.32 Å². The van der Waals surface area contributed by atoms with Crippen molar-refractivity contribution < 1.29 is 13.2 Å². The van der Waals surface area contributed by atoms with Gasteiger partial charge in [0.05, 0.1) is 0 Å². The minimum atomic E-state index is -4.03. The highest BCUT2D eigenvalue weighted by Crippen LogP contribution is 2.24. The first-order valence-corrected chi connectivity index (χ1v) is 8.27. The van der Waals surface area contributed by atoms with Crippen LogP contribution in [0.15, 0.2) is 0 Å². The molecule has 1 rings (SSSR count). The van der Waals surface area contributed by atoms with Crippen molar-refractivity contribution in [2.45, 2.75) is 71.6 Å². The number of hydrogen-bond donors (Lipinski definition) is 1. The second-order valence-corrected chi connectivity index (χ2v) is 6.90. The summed E-state index contributed by atoms with van der Waals surface area (Å²) in [5, 5.41) is 3.59. The average molecular weight is 308 g/mol.